The van der Waals surface area contributed by atoms with Crippen LogP contribution in [0.2, 0.25) is 0 Å². The number of anilines is 1. The number of thiophene rings is 1. The highest BCUT2D eigenvalue weighted by Gasteiger charge is 2.23. The molecule has 0 unspecified atom stereocenters. The summed E-state index contributed by atoms with van der Waals surface area (Å²) in [7, 11) is 0. The number of piperazine rings is 1. The van der Waals surface area contributed by atoms with Crippen LogP contribution in [-0.2, 0) is 0 Å². The van der Waals surface area contributed by atoms with E-state index in [0.717, 1.165) is 43.4 Å². The van der Waals surface area contributed by atoms with Crippen LogP contribution < -0.4 is 4.90 Å². The molecule has 0 bridgehead atoms. The third-order valence-electron chi connectivity index (χ3n) is 4.79. The Morgan fingerprint density at radius 3 is 2.56 bits per heavy atom. The predicted octanol–water partition coefficient (Wildman–Crippen LogP) is 2.78. The van der Waals surface area contributed by atoms with Gasteiger partial charge in [0.25, 0.3) is 0 Å². The van der Waals surface area contributed by atoms with Crippen LogP contribution in [-0.4, -0.2) is 59.3 Å². The van der Waals surface area contributed by atoms with Gasteiger partial charge in [-0.3, -0.25) is 4.90 Å². The number of aliphatic hydroxyl groups excluding tert-OH is 1. The first-order valence-electron chi connectivity index (χ1n) is 8.65. The van der Waals surface area contributed by atoms with Gasteiger partial charge in [0.2, 0.25) is 0 Å². The minimum Gasteiger partial charge on any atom is -0.395 e. The van der Waals surface area contributed by atoms with Crippen molar-refractivity contribution in [3.05, 3.63) is 41.5 Å². The van der Waals surface area contributed by atoms with Crippen LogP contribution in [0.15, 0.2) is 36.7 Å². The molecule has 3 aromatic rings. The molecule has 1 aliphatic heterocycles. The smallest absolute Gasteiger partial charge is 0.141 e. The third-order valence-corrected chi connectivity index (χ3v) is 5.81. The number of hydrogen-bond donors (Lipinski definition) is 1. The number of nitrogens with zero attached hydrogens (tertiary/aromatic N) is 4. The highest BCUT2D eigenvalue weighted by atomic mass is 32.1. The van der Waals surface area contributed by atoms with Crippen LogP contribution in [0.1, 0.15) is 4.88 Å². The average molecular weight is 354 g/mol. The second-order valence-corrected chi connectivity index (χ2v) is 7.53. The summed E-state index contributed by atoms with van der Waals surface area (Å²) in [6, 6.07) is 10.5. The summed E-state index contributed by atoms with van der Waals surface area (Å²) >= 11 is 1.74. The van der Waals surface area contributed by atoms with Crippen molar-refractivity contribution in [1.29, 1.82) is 0 Å². The van der Waals surface area contributed by atoms with E-state index in [2.05, 4.69) is 51.0 Å². The average Bonchev–Trinajstić information content (AvgIpc) is 2.99. The van der Waals surface area contributed by atoms with Crippen molar-refractivity contribution in [2.24, 2.45) is 0 Å². The molecule has 0 aliphatic carbocycles. The lowest BCUT2D eigenvalue weighted by Gasteiger charge is -2.35. The monoisotopic (exact) mass is 354 g/mol. The molecule has 1 N–H and O–H groups in total. The molecular weight excluding hydrogens is 332 g/mol. The lowest BCUT2D eigenvalue weighted by Crippen LogP contribution is -2.47. The summed E-state index contributed by atoms with van der Waals surface area (Å²) in [5, 5.41) is 10.3. The van der Waals surface area contributed by atoms with Crippen molar-refractivity contribution < 1.29 is 5.11 Å². The highest BCUT2D eigenvalue weighted by Crippen LogP contribution is 2.41. The fourth-order valence-electron chi connectivity index (χ4n) is 3.55. The number of fused-ring (bicyclic) bond motifs is 1. The van der Waals surface area contributed by atoms with Crippen molar-refractivity contribution in [3.63, 3.8) is 0 Å². The maximum absolute atomic E-state index is 9.13. The van der Waals surface area contributed by atoms with Crippen LogP contribution in [0.4, 0.5) is 5.82 Å². The number of aromatic nitrogens is 2. The quantitative estimate of drug-likeness (QED) is 0.781. The molecule has 25 heavy (non-hydrogen) atoms. The maximum atomic E-state index is 9.13. The first kappa shape index (κ1) is 16.4. The van der Waals surface area contributed by atoms with Gasteiger partial charge in [0, 0.05) is 43.2 Å². The largest absolute Gasteiger partial charge is 0.395 e. The Bertz CT molecular complexity index is 856. The number of benzene rings is 1. The lowest BCUT2D eigenvalue weighted by molar-refractivity contribution is 0.188. The van der Waals surface area contributed by atoms with E-state index in [9.17, 15) is 0 Å². The summed E-state index contributed by atoms with van der Waals surface area (Å²) in [4.78, 5) is 16.2. The van der Waals surface area contributed by atoms with Gasteiger partial charge in [-0.1, -0.05) is 30.3 Å². The maximum Gasteiger partial charge on any atom is 0.141 e. The molecule has 4 rings (SSSR count). The van der Waals surface area contributed by atoms with Crippen molar-refractivity contribution >= 4 is 27.4 Å². The summed E-state index contributed by atoms with van der Waals surface area (Å²) in [6.45, 7) is 6.90. The van der Waals surface area contributed by atoms with Crippen molar-refractivity contribution in [1.82, 2.24) is 14.9 Å². The molecular formula is C19H22N4OS. The van der Waals surface area contributed by atoms with Crippen molar-refractivity contribution in [3.8, 4) is 11.1 Å². The molecule has 0 atom stereocenters. The van der Waals surface area contributed by atoms with E-state index in [4.69, 9.17) is 5.11 Å². The molecule has 0 amide bonds. The van der Waals surface area contributed by atoms with Gasteiger partial charge in [-0.15, -0.1) is 11.3 Å². The normalized spacial score (nSPS) is 15.8. The SMILES string of the molecule is Cc1sc2ncnc(N3CCN(CCO)CC3)c2c1-c1ccccc1. The molecule has 1 aliphatic rings. The molecule has 130 valence electrons. The number of rotatable bonds is 4. The van der Waals surface area contributed by atoms with E-state index in [1.54, 1.807) is 17.7 Å². The van der Waals surface area contributed by atoms with E-state index >= 15 is 0 Å². The summed E-state index contributed by atoms with van der Waals surface area (Å²) < 4.78 is 0. The molecule has 1 aromatic carbocycles. The van der Waals surface area contributed by atoms with E-state index < -0.39 is 0 Å². The highest BCUT2D eigenvalue weighted by molar-refractivity contribution is 7.19. The standard InChI is InChI=1S/C19H22N4OS/c1-14-16(15-5-3-2-4-6-15)17-18(20-13-21-19(17)25-14)23-9-7-22(8-10-23)11-12-24/h2-6,13,24H,7-12H2,1H3. The molecule has 0 radical (unpaired) electrons. The van der Waals surface area contributed by atoms with Gasteiger partial charge in [-0.25, -0.2) is 9.97 Å². The van der Waals surface area contributed by atoms with Crippen LogP contribution in [0.25, 0.3) is 21.3 Å². The number of β-amino-alcohol motifs (C(OH)–C–C–N with tert-alkyl or cyclic N) is 1. The Balaban J connectivity index is 1.75. The van der Waals surface area contributed by atoms with Crippen LogP contribution >= 0.6 is 11.3 Å². The molecule has 3 heterocycles. The Kier molecular flexibility index (Phi) is 4.65. The van der Waals surface area contributed by atoms with Gasteiger partial charge in [-0.2, -0.15) is 0 Å². The fourth-order valence-corrected chi connectivity index (χ4v) is 4.55. The van der Waals surface area contributed by atoms with Crippen LogP contribution in [0.3, 0.4) is 0 Å². The lowest BCUT2D eigenvalue weighted by atomic mass is 10.0. The first-order valence-corrected chi connectivity index (χ1v) is 9.47. The Morgan fingerprint density at radius 1 is 1.08 bits per heavy atom. The predicted molar refractivity (Wildman–Crippen MR) is 103 cm³/mol. The fraction of sp³-hybridized carbons (Fsp3) is 0.368. The van der Waals surface area contributed by atoms with E-state index in [1.807, 2.05) is 6.07 Å². The second kappa shape index (κ2) is 7.07. The van der Waals surface area contributed by atoms with Gasteiger partial charge in [0.15, 0.2) is 0 Å². The van der Waals surface area contributed by atoms with Crippen LogP contribution in [0, 0.1) is 6.92 Å². The molecule has 0 spiro atoms. The molecule has 1 fully saturated rings. The Labute approximate surface area is 151 Å². The zero-order valence-electron chi connectivity index (χ0n) is 14.4. The van der Waals surface area contributed by atoms with Crippen molar-refractivity contribution in [2.75, 3.05) is 44.2 Å². The minimum absolute atomic E-state index is 0.222. The van der Waals surface area contributed by atoms with E-state index in [-0.39, 0.29) is 6.61 Å². The Morgan fingerprint density at radius 2 is 1.84 bits per heavy atom. The minimum atomic E-state index is 0.222. The van der Waals surface area contributed by atoms with E-state index in [0.29, 0.717) is 0 Å². The van der Waals surface area contributed by atoms with Gasteiger partial charge in [-0.05, 0) is 12.5 Å². The first-order chi connectivity index (χ1) is 12.3. The van der Waals surface area contributed by atoms with Crippen molar-refractivity contribution in [2.45, 2.75) is 6.92 Å². The second-order valence-electron chi connectivity index (χ2n) is 6.33. The van der Waals surface area contributed by atoms with E-state index in [1.165, 1.54) is 21.4 Å². The topological polar surface area (TPSA) is 52.5 Å². The number of aliphatic hydroxyl groups is 1. The molecule has 0 saturated carbocycles. The zero-order valence-corrected chi connectivity index (χ0v) is 15.2. The summed E-state index contributed by atoms with van der Waals surface area (Å²) in [5.41, 5.74) is 2.48. The number of hydrogen-bond acceptors (Lipinski definition) is 6. The van der Waals surface area contributed by atoms with Crippen LogP contribution in [0.5, 0.6) is 0 Å². The molecule has 1 saturated heterocycles. The van der Waals surface area contributed by atoms with Gasteiger partial charge in [0.05, 0.1) is 12.0 Å². The molecule has 6 heteroatoms. The Hall–Kier alpha value is -2.02. The number of aryl methyl sites for hydroxylation is 1. The summed E-state index contributed by atoms with van der Waals surface area (Å²) in [6.07, 6.45) is 1.68. The van der Waals surface area contributed by atoms with Gasteiger partial charge < -0.3 is 10.0 Å². The summed E-state index contributed by atoms with van der Waals surface area (Å²) in [5.74, 6) is 1.04. The molecule has 5 nitrogen and oxygen atoms in total. The molecule has 2 aromatic heterocycles. The zero-order chi connectivity index (χ0) is 17.2. The van der Waals surface area contributed by atoms with Gasteiger partial charge >= 0.3 is 0 Å². The third kappa shape index (κ3) is 3.13. The van der Waals surface area contributed by atoms with Gasteiger partial charge in [0.1, 0.15) is 17.0 Å².